The van der Waals surface area contributed by atoms with Crippen LogP contribution >= 0.6 is 0 Å². The fourth-order valence-corrected chi connectivity index (χ4v) is 4.95. The summed E-state index contributed by atoms with van der Waals surface area (Å²) in [4.78, 5) is 4.60. The smallest absolute Gasteiger partial charge is 0.126 e. The van der Waals surface area contributed by atoms with Gasteiger partial charge in [0.05, 0.1) is 11.9 Å². The second-order valence-electron chi connectivity index (χ2n) is 8.37. The van der Waals surface area contributed by atoms with Crippen molar-refractivity contribution >= 4 is 11.5 Å². The summed E-state index contributed by atoms with van der Waals surface area (Å²) in [6.45, 7) is 0. The molecule has 1 aromatic heterocycles. The van der Waals surface area contributed by atoms with E-state index in [2.05, 4.69) is 27.8 Å². The number of aromatic nitrogens is 1. The summed E-state index contributed by atoms with van der Waals surface area (Å²) >= 11 is 0. The number of rotatable bonds is 5. The third kappa shape index (κ3) is 4.04. The average Bonchev–Trinajstić information content (AvgIpc) is 2.61. The molecule has 3 fully saturated rings. The summed E-state index contributed by atoms with van der Waals surface area (Å²) < 4.78 is 0. The Morgan fingerprint density at radius 2 is 1.46 bits per heavy atom. The minimum Gasteiger partial charge on any atom is -0.381 e. The highest BCUT2D eigenvalue weighted by atomic mass is 15.0. The standard InChI is InChI=1S/C21H33N3/c1-2-6-16(7-3-1)17-8-4-11-19(14-17)23-20-12-13-21(22-15-20)24-18-9-5-10-18/h12-13,15-19,23H,1-11,14H2,(H,22,24). The molecule has 2 unspecified atom stereocenters. The van der Waals surface area contributed by atoms with Crippen LogP contribution in [0.2, 0.25) is 0 Å². The van der Waals surface area contributed by atoms with Gasteiger partial charge in [-0.1, -0.05) is 44.9 Å². The molecule has 1 aromatic rings. The van der Waals surface area contributed by atoms with Gasteiger partial charge in [0.25, 0.3) is 0 Å². The number of hydrogen-bond acceptors (Lipinski definition) is 3. The first-order valence-corrected chi connectivity index (χ1v) is 10.4. The molecular weight excluding hydrogens is 294 g/mol. The Bertz CT molecular complexity index is 502. The molecule has 132 valence electrons. The molecule has 3 nitrogen and oxygen atoms in total. The van der Waals surface area contributed by atoms with Gasteiger partial charge in [0.15, 0.2) is 0 Å². The van der Waals surface area contributed by atoms with Gasteiger partial charge in [0.2, 0.25) is 0 Å². The molecule has 0 amide bonds. The number of nitrogens with zero attached hydrogens (tertiary/aromatic N) is 1. The van der Waals surface area contributed by atoms with Crippen molar-refractivity contribution in [3.05, 3.63) is 18.3 Å². The van der Waals surface area contributed by atoms with Crippen LogP contribution in [0.3, 0.4) is 0 Å². The summed E-state index contributed by atoms with van der Waals surface area (Å²) in [5, 5.41) is 7.29. The first-order chi connectivity index (χ1) is 11.9. The largest absolute Gasteiger partial charge is 0.381 e. The van der Waals surface area contributed by atoms with Crippen LogP contribution in [0.25, 0.3) is 0 Å². The lowest BCUT2D eigenvalue weighted by molar-refractivity contribution is 0.188. The lowest BCUT2D eigenvalue weighted by Crippen LogP contribution is -2.31. The Balaban J connectivity index is 1.29. The molecule has 3 heteroatoms. The van der Waals surface area contributed by atoms with Crippen LogP contribution in [0, 0.1) is 11.8 Å². The molecule has 2 atom stereocenters. The van der Waals surface area contributed by atoms with Crippen LogP contribution in [0.4, 0.5) is 11.5 Å². The first-order valence-electron chi connectivity index (χ1n) is 10.4. The average molecular weight is 328 g/mol. The van der Waals surface area contributed by atoms with Crippen LogP contribution in [0.15, 0.2) is 18.3 Å². The van der Waals surface area contributed by atoms with Crippen molar-refractivity contribution in [3.63, 3.8) is 0 Å². The van der Waals surface area contributed by atoms with Gasteiger partial charge in [-0.3, -0.25) is 0 Å². The van der Waals surface area contributed by atoms with E-state index >= 15 is 0 Å². The highest BCUT2D eigenvalue weighted by molar-refractivity contribution is 5.48. The van der Waals surface area contributed by atoms with Crippen molar-refractivity contribution in [3.8, 4) is 0 Å². The van der Waals surface area contributed by atoms with E-state index < -0.39 is 0 Å². The van der Waals surface area contributed by atoms with Gasteiger partial charge in [0.1, 0.15) is 5.82 Å². The molecule has 0 aromatic carbocycles. The van der Waals surface area contributed by atoms with Crippen molar-refractivity contribution < 1.29 is 0 Å². The number of nitrogens with one attached hydrogen (secondary N) is 2. The lowest BCUT2D eigenvalue weighted by atomic mass is 9.72. The summed E-state index contributed by atoms with van der Waals surface area (Å²) in [5.74, 6) is 3.01. The van der Waals surface area contributed by atoms with Crippen LogP contribution in [-0.4, -0.2) is 17.1 Å². The van der Waals surface area contributed by atoms with E-state index in [0.717, 1.165) is 17.7 Å². The van der Waals surface area contributed by atoms with Crippen LogP contribution in [0.5, 0.6) is 0 Å². The molecule has 0 bridgehead atoms. The predicted octanol–water partition coefficient (Wildman–Crippen LogP) is 5.60. The van der Waals surface area contributed by atoms with Gasteiger partial charge >= 0.3 is 0 Å². The predicted molar refractivity (Wildman–Crippen MR) is 101 cm³/mol. The fraction of sp³-hybridized carbons (Fsp3) is 0.762. The Morgan fingerprint density at radius 1 is 0.708 bits per heavy atom. The quantitative estimate of drug-likeness (QED) is 0.739. The van der Waals surface area contributed by atoms with E-state index in [1.807, 2.05) is 6.20 Å². The Kier molecular flexibility index (Phi) is 5.24. The van der Waals surface area contributed by atoms with E-state index in [9.17, 15) is 0 Å². The van der Waals surface area contributed by atoms with E-state index in [0.29, 0.717) is 12.1 Å². The van der Waals surface area contributed by atoms with E-state index in [-0.39, 0.29) is 0 Å². The van der Waals surface area contributed by atoms with Crippen molar-refractivity contribution in [2.75, 3.05) is 10.6 Å². The molecule has 3 aliphatic carbocycles. The van der Waals surface area contributed by atoms with E-state index in [4.69, 9.17) is 0 Å². The van der Waals surface area contributed by atoms with Gasteiger partial charge in [-0.2, -0.15) is 0 Å². The van der Waals surface area contributed by atoms with E-state index in [1.165, 1.54) is 82.7 Å². The molecule has 0 aliphatic heterocycles. The van der Waals surface area contributed by atoms with Crippen LogP contribution in [-0.2, 0) is 0 Å². The summed E-state index contributed by atoms with van der Waals surface area (Å²) in [5.41, 5.74) is 1.20. The maximum Gasteiger partial charge on any atom is 0.126 e. The molecule has 0 saturated heterocycles. The molecule has 0 spiro atoms. The maximum absolute atomic E-state index is 4.60. The highest BCUT2D eigenvalue weighted by Crippen LogP contribution is 2.39. The van der Waals surface area contributed by atoms with Gasteiger partial charge in [0, 0.05) is 12.1 Å². The van der Waals surface area contributed by atoms with Crippen molar-refractivity contribution in [2.45, 2.75) is 89.1 Å². The maximum atomic E-state index is 4.60. The van der Waals surface area contributed by atoms with Gasteiger partial charge < -0.3 is 10.6 Å². The molecule has 0 radical (unpaired) electrons. The van der Waals surface area contributed by atoms with Gasteiger partial charge in [-0.05, 0) is 56.1 Å². The van der Waals surface area contributed by atoms with Crippen molar-refractivity contribution in [1.82, 2.24) is 4.98 Å². The minimum atomic E-state index is 0.651. The topological polar surface area (TPSA) is 37.0 Å². The second kappa shape index (κ2) is 7.76. The third-order valence-electron chi connectivity index (χ3n) is 6.62. The zero-order valence-electron chi connectivity index (χ0n) is 15.0. The van der Waals surface area contributed by atoms with Crippen molar-refractivity contribution in [1.29, 1.82) is 0 Å². The van der Waals surface area contributed by atoms with Crippen LogP contribution < -0.4 is 10.6 Å². The molecule has 2 N–H and O–H groups in total. The van der Waals surface area contributed by atoms with Gasteiger partial charge in [-0.25, -0.2) is 4.98 Å². The minimum absolute atomic E-state index is 0.651. The Morgan fingerprint density at radius 3 is 2.17 bits per heavy atom. The Labute approximate surface area is 147 Å². The molecule has 24 heavy (non-hydrogen) atoms. The molecule has 3 aliphatic rings. The molecule has 3 saturated carbocycles. The zero-order valence-corrected chi connectivity index (χ0v) is 15.0. The number of hydrogen-bond donors (Lipinski definition) is 2. The second-order valence-corrected chi connectivity index (χ2v) is 8.37. The summed E-state index contributed by atoms with van der Waals surface area (Å²) in [7, 11) is 0. The van der Waals surface area contributed by atoms with Gasteiger partial charge in [-0.15, -0.1) is 0 Å². The molecule has 4 rings (SSSR count). The third-order valence-corrected chi connectivity index (χ3v) is 6.62. The summed E-state index contributed by atoms with van der Waals surface area (Å²) in [6.07, 6.45) is 18.9. The first kappa shape index (κ1) is 16.2. The highest BCUT2D eigenvalue weighted by Gasteiger charge is 2.29. The van der Waals surface area contributed by atoms with Crippen LogP contribution in [0.1, 0.15) is 77.0 Å². The zero-order chi connectivity index (χ0) is 16.2. The number of pyridine rings is 1. The SMILES string of the molecule is c1cc(NC2CCC2)ncc1NC1CCCC(C2CCCCC2)C1. The fourth-order valence-electron chi connectivity index (χ4n) is 4.95. The molecule has 1 heterocycles. The normalized spacial score (nSPS) is 29.0. The van der Waals surface area contributed by atoms with Crippen molar-refractivity contribution in [2.24, 2.45) is 11.8 Å². The lowest BCUT2D eigenvalue weighted by Gasteiger charge is -2.37. The Hall–Kier alpha value is -1.25. The summed E-state index contributed by atoms with van der Waals surface area (Å²) in [6, 6.07) is 5.66. The van der Waals surface area contributed by atoms with E-state index in [1.54, 1.807) is 0 Å². The monoisotopic (exact) mass is 327 g/mol. The molecular formula is C21H33N3. The number of anilines is 2.